The van der Waals surface area contributed by atoms with Crippen molar-refractivity contribution in [2.24, 2.45) is 0 Å². The molecule has 21 heavy (non-hydrogen) atoms. The zero-order valence-corrected chi connectivity index (χ0v) is 13.0. The van der Waals surface area contributed by atoms with Crippen LogP contribution in [0.2, 0.25) is 0 Å². The summed E-state index contributed by atoms with van der Waals surface area (Å²) in [4.78, 5) is 0. The van der Waals surface area contributed by atoms with E-state index in [1.54, 1.807) is 12.1 Å². The first-order chi connectivity index (χ1) is 10.0. The highest BCUT2D eigenvalue weighted by atomic mass is 32.2. The first kappa shape index (κ1) is 15.5. The van der Waals surface area contributed by atoms with Crippen LogP contribution in [0.15, 0.2) is 35.5 Å². The summed E-state index contributed by atoms with van der Waals surface area (Å²) in [6.45, 7) is 5.26. The van der Waals surface area contributed by atoms with Crippen molar-refractivity contribution in [3.05, 3.63) is 41.6 Å². The van der Waals surface area contributed by atoms with E-state index in [1.165, 1.54) is 6.20 Å². The zero-order valence-electron chi connectivity index (χ0n) is 12.2. The molecule has 1 aromatic heterocycles. The van der Waals surface area contributed by atoms with Crippen molar-refractivity contribution in [2.75, 3.05) is 11.3 Å². The van der Waals surface area contributed by atoms with Gasteiger partial charge in [0, 0.05) is 17.8 Å². The summed E-state index contributed by atoms with van der Waals surface area (Å²) in [5.74, 6) is 0. The molecule has 0 aliphatic heterocycles. The first-order valence-electron chi connectivity index (χ1n) is 6.85. The highest BCUT2D eigenvalue weighted by Gasteiger charge is 2.20. The van der Waals surface area contributed by atoms with Gasteiger partial charge in [-0.05, 0) is 37.6 Å². The summed E-state index contributed by atoms with van der Waals surface area (Å²) in [5.41, 5.74) is 2.16. The molecule has 2 rings (SSSR count). The van der Waals surface area contributed by atoms with Gasteiger partial charge in [-0.3, -0.25) is 9.82 Å². The van der Waals surface area contributed by atoms with E-state index in [-0.39, 0.29) is 5.03 Å². The summed E-state index contributed by atoms with van der Waals surface area (Å²) in [6, 6.07) is 7.22. The molecule has 1 aromatic carbocycles. The molecule has 6 nitrogen and oxygen atoms in total. The summed E-state index contributed by atoms with van der Waals surface area (Å²) in [6.07, 6.45) is 2.52. The quantitative estimate of drug-likeness (QED) is 0.683. The molecule has 0 radical (unpaired) electrons. The summed E-state index contributed by atoms with van der Waals surface area (Å²) in [7, 11) is -3.66. The third kappa shape index (κ3) is 4.05. The van der Waals surface area contributed by atoms with Crippen molar-refractivity contribution >= 4 is 15.7 Å². The predicted octanol–water partition coefficient (Wildman–Crippen LogP) is 2.02. The number of rotatable bonds is 7. The Bertz CT molecular complexity index is 695. The molecular weight excluding hydrogens is 288 g/mol. The summed E-state index contributed by atoms with van der Waals surface area (Å²) in [5, 5.41) is 9.68. The van der Waals surface area contributed by atoms with Crippen molar-refractivity contribution in [1.29, 1.82) is 0 Å². The Kier molecular flexibility index (Phi) is 4.98. The summed E-state index contributed by atoms with van der Waals surface area (Å²) < 4.78 is 27.4. The van der Waals surface area contributed by atoms with E-state index in [4.69, 9.17) is 0 Å². The van der Waals surface area contributed by atoms with Crippen LogP contribution >= 0.6 is 0 Å². The largest absolute Gasteiger partial charge is 0.313 e. The highest BCUT2D eigenvalue weighted by molar-refractivity contribution is 7.92. The van der Waals surface area contributed by atoms with Crippen LogP contribution in [0.3, 0.4) is 0 Å². The van der Waals surface area contributed by atoms with Gasteiger partial charge >= 0.3 is 0 Å². The molecule has 2 aromatic rings. The number of aryl methyl sites for hydroxylation is 1. The van der Waals surface area contributed by atoms with Crippen LogP contribution in [0.4, 0.5) is 5.69 Å². The molecular formula is C14H20N4O2S. The Labute approximate surface area is 125 Å². The minimum atomic E-state index is -3.66. The average molecular weight is 308 g/mol. The molecule has 7 heteroatoms. The number of hydrogen-bond donors (Lipinski definition) is 3. The van der Waals surface area contributed by atoms with Gasteiger partial charge in [0.2, 0.25) is 0 Å². The Hall–Kier alpha value is -1.86. The van der Waals surface area contributed by atoms with Gasteiger partial charge in [-0.2, -0.15) is 13.5 Å². The second-order valence-corrected chi connectivity index (χ2v) is 6.50. The number of sulfonamides is 1. The maximum atomic E-state index is 12.4. The van der Waals surface area contributed by atoms with Gasteiger partial charge in [-0.25, -0.2) is 0 Å². The van der Waals surface area contributed by atoms with Crippen molar-refractivity contribution < 1.29 is 8.42 Å². The third-order valence-corrected chi connectivity index (χ3v) is 4.35. The number of nitrogens with one attached hydrogen (secondary N) is 3. The second-order valence-electron chi connectivity index (χ2n) is 4.88. The molecule has 0 amide bonds. The van der Waals surface area contributed by atoms with Crippen LogP contribution in [0.1, 0.15) is 24.5 Å². The number of aromatic nitrogens is 2. The van der Waals surface area contributed by atoms with E-state index >= 15 is 0 Å². The van der Waals surface area contributed by atoms with Crippen LogP contribution in [-0.4, -0.2) is 25.2 Å². The second kappa shape index (κ2) is 6.73. The molecule has 0 saturated heterocycles. The van der Waals surface area contributed by atoms with Gasteiger partial charge in [0.15, 0.2) is 5.03 Å². The van der Waals surface area contributed by atoms with Crippen LogP contribution in [0.25, 0.3) is 0 Å². The molecule has 0 aliphatic rings. The Morgan fingerprint density at radius 2 is 2.14 bits per heavy atom. The van der Waals surface area contributed by atoms with Gasteiger partial charge in [-0.1, -0.05) is 19.1 Å². The smallest absolute Gasteiger partial charge is 0.279 e. The molecule has 0 bridgehead atoms. The minimum Gasteiger partial charge on any atom is -0.313 e. The number of anilines is 1. The van der Waals surface area contributed by atoms with Crippen LogP contribution in [0.5, 0.6) is 0 Å². The third-order valence-electron chi connectivity index (χ3n) is 2.96. The van der Waals surface area contributed by atoms with Crippen LogP contribution < -0.4 is 10.0 Å². The maximum absolute atomic E-state index is 12.4. The number of benzene rings is 1. The first-order valence-corrected chi connectivity index (χ1v) is 8.33. The number of aromatic amines is 1. The molecule has 1 heterocycles. The van der Waals surface area contributed by atoms with Gasteiger partial charge in [-0.15, -0.1) is 0 Å². The van der Waals surface area contributed by atoms with Crippen LogP contribution in [-0.2, 0) is 16.6 Å². The molecule has 0 aliphatic carbocycles. The fraction of sp³-hybridized carbons (Fsp3) is 0.357. The van der Waals surface area contributed by atoms with E-state index in [0.29, 0.717) is 17.8 Å². The Morgan fingerprint density at radius 1 is 1.33 bits per heavy atom. The summed E-state index contributed by atoms with van der Waals surface area (Å²) >= 11 is 0. The fourth-order valence-corrected chi connectivity index (χ4v) is 3.15. The van der Waals surface area contributed by atoms with Crippen molar-refractivity contribution in [2.45, 2.75) is 31.8 Å². The number of nitrogens with zero attached hydrogens (tertiary/aromatic N) is 1. The number of hydrogen-bond acceptors (Lipinski definition) is 4. The van der Waals surface area contributed by atoms with E-state index in [1.807, 2.05) is 19.1 Å². The lowest BCUT2D eigenvalue weighted by atomic mass is 10.2. The van der Waals surface area contributed by atoms with Crippen molar-refractivity contribution in [3.63, 3.8) is 0 Å². The maximum Gasteiger partial charge on any atom is 0.279 e. The molecule has 0 spiro atoms. The molecule has 3 N–H and O–H groups in total. The highest BCUT2D eigenvalue weighted by Crippen LogP contribution is 2.18. The van der Waals surface area contributed by atoms with E-state index < -0.39 is 10.0 Å². The Morgan fingerprint density at radius 3 is 2.86 bits per heavy atom. The lowest BCUT2D eigenvalue weighted by Crippen LogP contribution is -2.19. The topological polar surface area (TPSA) is 86.9 Å². The fourth-order valence-electron chi connectivity index (χ4n) is 1.97. The molecule has 0 atom stereocenters. The Balaban J connectivity index is 2.18. The van der Waals surface area contributed by atoms with E-state index in [2.05, 4.69) is 27.2 Å². The monoisotopic (exact) mass is 308 g/mol. The van der Waals surface area contributed by atoms with Gasteiger partial charge in [0.05, 0.1) is 6.20 Å². The number of H-pyrrole nitrogens is 1. The van der Waals surface area contributed by atoms with Gasteiger partial charge in [0.25, 0.3) is 10.0 Å². The van der Waals surface area contributed by atoms with Gasteiger partial charge < -0.3 is 5.32 Å². The van der Waals surface area contributed by atoms with Crippen molar-refractivity contribution in [1.82, 2.24) is 15.5 Å². The lowest BCUT2D eigenvalue weighted by molar-refractivity contribution is 0.593. The molecule has 0 unspecified atom stereocenters. The van der Waals surface area contributed by atoms with Crippen LogP contribution in [0, 0.1) is 6.92 Å². The normalized spacial score (nSPS) is 11.5. The zero-order chi connectivity index (χ0) is 15.3. The van der Waals surface area contributed by atoms with Crippen molar-refractivity contribution in [3.8, 4) is 0 Å². The van der Waals surface area contributed by atoms with E-state index in [0.717, 1.165) is 18.5 Å². The average Bonchev–Trinajstić information content (AvgIpc) is 2.88. The SMILES string of the molecule is CCCNCc1cn[nH]c1S(=O)(=O)Nc1cccc(C)c1. The van der Waals surface area contributed by atoms with Gasteiger partial charge in [0.1, 0.15) is 0 Å². The molecule has 0 fully saturated rings. The molecule has 114 valence electrons. The van der Waals surface area contributed by atoms with E-state index in [9.17, 15) is 8.42 Å². The minimum absolute atomic E-state index is 0.104. The predicted molar refractivity (Wildman–Crippen MR) is 82.6 cm³/mol. The standard InChI is InChI=1S/C14H20N4O2S/c1-3-7-15-9-12-10-16-17-14(12)21(19,20)18-13-6-4-5-11(2)8-13/h4-6,8,10,15,18H,3,7,9H2,1-2H3,(H,16,17). The molecule has 0 saturated carbocycles. The lowest BCUT2D eigenvalue weighted by Gasteiger charge is -2.09.